The third-order valence-electron chi connectivity index (χ3n) is 3.81. The summed E-state index contributed by atoms with van der Waals surface area (Å²) in [6.07, 6.45) is 4.16. The van der Waals surface area contributed by atoms with Gasteiger partial charge in [0.05, 0.1) is 0 Å². The monoisotopic (exact) mass is 462 g/mol. The van der Waals surface area contributed by atoms with Crippen molar-refractivity contribution >= 4 is 47.6 Å². The Labute approximate surface area is 166 Å². The van der Waals surface area contributed by atoms with E-state index in [9.17, 15) is 4.79 Å². The molecule has 0 atom stereocenters. The topological polar surface area (TPSA) is 56.7 Å². The first-order valence-electron chi connectivity index (χ1n) is 7.96. The van der Waals surface area contributed by atoms with E-state index in [0.717, 1.165) is 25.3 Å². The highest BCUT2D eigenvalue weighted by molar-refractivity contribution is 14.0. The summed E-state index contributed by atoms with van der Waals surface area (Å²) in [6.45, 7) is 2.11. The molecule has 2 N–H and O–H groups in total. The molecule has 5 nitrogen and oxygen atoms in total. The van der Waals surface area contributed by atoms with Crippen LogP contribution >= 0.6 is 35.7 Å². The summed E-state index contributed by atoms with van der Waals surface area (Å²) < 4.78 is 0. The molecular weight excluding hydrogens is 435 g/mol. The first-order chi connectivity index (χ1) is 11.1. The van der Waals surface area contributed by atoms with Gasteiger partial charge in [0.2, 0.25) is 5.91 Å². The predicted octanol–water partition coefficient (Wildman–Crippen LogP) is 2.56. The first-order valence-corrected chi connectivity index (χ1v) is 9.19. The molecule has 7 heteroatoms. The van der Waals surface area contributed by atoms with Gasteiger partial charge in [0.15, 0.2) is 5.96 Å². The summed E-state index contributed by atoms with van der Waals surface area (Å²) in [6, 6.07) is 8.56. The van der Waals surface area contributed by atoms with E-state index in [1.54, 1.807) is 18.8 Å². The zero-order chi connectivity index (χ0) is 16.7. The number of rotatable bonds is 7. The Morgan fingerprint density at radius 2 is 1.88 bits per heavy atom. The molecule has 1 aliphatic carbocycles. The van der Waals surface area contributed by atoms with Crippen molar-refractivity contribution < 1.29 is 4.79 Å². The molecule has 1 aromatic rings. The van der Waals surface area contributed by atoms with Crippen LogP contribution in [-0.2, 0) is 11.3 Å². The molecule has 0 spiro atoms. The Kier molecular flexibility index (Phi) is 9.50. The summed E-state index contributed by atoms with van der Waals surface area (Å²) in [5.74, 6) is 1.28. The van der Waals surface area contributed by atoms with Crippen molar-refractivity contribution in [2.24, 2.45) is 10.9 Å². The normalized spacial score (nSPS) is 13.9. The number of halogens is 1. The van der Waals surface area contributed by atoms with E-state index < -0.39 is 0 Å². The minimum atomic E-state index is 0. The zero-order valence-electron chi connectivity index (χ0n) is 14.5. The molecule has 2 rings (SSSR count). The first kappa shape index (κ1) is 21.1. The number of hydrogen-bond donors (Lipinski definition) is 2. The number of nitrogens with zero attached hydrogens (tertiary/aromatic N) is 2. The van der Waals surface area contributed by atoms with Crippen LogP contribution in [0.25, 0.3) is 0 Å². The largest absolute Gasteiger partial charge is 0.354 e. The van der Waals surface area contributed by atoms with E-state index >= 15 is 0 Å². The van der Waals surface area contributed by atoms with Crippen LogP contribution in [0.1, 0.15) is 18.4 Å². The summed E-state index contributed by atoms with van der Waals surface area (Å²) >= 11 is 1.75. The van der Waals surface area contributed by atoms with Gasteiger partial charge in [-0.25, -0.2) is 0 Å². The fraction of sp³-hybridized carbons (Fsp3) is 0.529. The molecule has 1 amide bonds. The summed E-state index contributed by atoms with van der Waals surface area (Å²) in [7, 11) is 3.79. The second-order valence-electron chi connectivity index (χ2n) is 5.74. The average Bonchev–Trinajstić information content (AvgIpc) is 3.40. The van der Waals surface area contributed by atoms with Crippen molar-refractivity contribution in [3.05, 3.63) is 29.8 Å². The van der Waals surface area contributed by atoms with Crippen LogP contribution in [0.15, 0.2) is 34.2 Å². The zero-order valence-corrected chi connectivity index (χ0v) is 17.7. The molecule has 0 unspecified atom stereocenters. The number of hydrogen-bond acceptors (Lipinski definition) is 3. The van der Waals surface area contributed by atoms with E-state index in [-0.39, 0.29) is 35.8 Å². The Bertz CT molecular complexity index is 546. The molecule has 24 heavy (non-hydrogen) atoms. The lowest BCUT2D eigenvalue weighted by Gasteiger charge is -2.22. The number of nitrogens with one attached hydrogen (secondary N) is 2. The van der Waals surface area contributed by atoms with Gasteiger partial charge in [-0.05, 0) is 36.8 Å². The van der Waals surface area contributed by atoms with Crippen molar-refractivity contribution in [3.8, 4) is 0 Å². The lowest BCUT2D eigenvalue weighted by Crippen LogP contribution is -2.42. The van der Waals surface area contributed by atoms with Gasteiger partial charge in [-0.2, -0.15) is 0 Å². The van der Waals surface area contributed by atoms with Gasteiger partial charge in [0, 0.05) is 44.5 Å². The number of carbonyl (C=O) groups excluding carboxylic acids is 1. The lowest BCUT2D eigenvalue weighted by atomic mass is 10.2. The number of amides is 1. The highest BCUT2D eigenvalue weighted by Gasteiger charge is 2.28. The molecule has 0 saturated heterocycles. The molecule has 0 aromatic heterocycles. The van der Waals surface area contributed by atoms with E-state index in [2.05, 4.69) is 51.0 Å². The van der Waals surface area contributed by atoms with Gasteiger partial charge in [0.25, 0.3) is 0 Å². The maximum Gasteiger partial charge on any atom is 0.223 e. The van der Waals surface area contributed by atoms with Crippen LogP contribution < -0.4 is 10.6 Å². The third-order valence-corrected chi connectivity index (χ3v) is 4.55. The number of carbonyl (C=O) groups is 1. The second kappa shape index (κ2) is 10.8. The maximum absolute atomic E-state index is 11.6. The molecular formula is C17H27IN4OS. The minimum Gasteiger partial charge on any atom is -0.354 e. The molecule has 0 bridgehead atoms. The van der Waals surface area contributed by atoms with Crippen LogP contribution in [-0.4, -0.2) is 50.2 Å². The number of guanidine groups is 1. The molecule has 134 valence electrons. The molecule has 0 aliphatic heterocycles. The summed E-state index contributed by atoms with van der Waals surface area (Å²) in [5.41, 5.74) is 1.25. The highest BCUT2D eigenvalue weighted by atomic mass is 127. The van der Waals surface area contributed by atoms with Gasteiger partial charge in [0.1, 0.15) is 0 Å². The standard InChI is InChI=1S/C17H26N4OS.HI/c1-18-17(20-11-10-19-16(22)14-6-7-14)21(2)12-13-4-8-15(23-3)9-5-13;/h4-5,8-9,14H,6-7,10-12H2,1-3H3,(H,18,20)(H,19,22);1H. The SMILES string of the molecule is CN=C(NCCNC(=O)C1CC1)N(C)Cc1ccc(SC)cc1.I. The van der Waals surface area contributed by atoms with Gasteiger partial charge in [-0.15, -0.1) is 35.7 Å². The van der Waals surface area contributed by atoms with Gasteiger partial charge in [-0.3, -0.25) is 9.79 Å². The van der Waals surface area contributed by atoms with E-state index in [4.69, 9.17) is 0 Å². The van der Waals surface area contributed by atoms with Crippen LogP contribution in [0.2, 0.25) is 0 Å². The highest BCUT2D eigenvalue weighted by Crippen LogP contribution is 2.28. The Morgan fingerprint density at radius 1 is 1.25 bits per heavy atom. The second-order valence-corrected chi connectivity index (χ2v) is 6.62. The number of thioether (sulfide) groups is 1. The van der Waals surface area contributed by atoms with Crippen LogP contribution in [0.3, 0.4) is 0 Å². The van der Waals surface area contributed by atoms with Crippen LogP contribution in [0.5, 0.6) is 0 Å². The Hall–Kier alpha value is -0.960. The van der Waals surface area contributed by atoms with E-state index in [1.807, 2.05) is 7.05 Å². The van der Waals surface area contributed by atoms with Gasteiger partial charge >= 0.3 is 0 Å². The third kappa shape index (κ3) is 6.88. The number of benzene rings is 1. The maximum atomic E-state index is 11.6. The minimum absolute atomic E-state index is 0. The van der Waals surface area contributed by atoms with E-state index in [1.165, 1.54) is 10.5 Å². The van der Waals surface area contributed by atoms with Crippen molar-refractivity contribution in [2.45, 2.75) is 24.3 Å². The fourth-order valence-electron chi connectivity index (χ4n) is 2.31. The van der Waals surface area contributed by atoms with Crippen LogP contribution in [0.4, 0.5) is 0 Å². The smallest absolute Gasteiger partial charge is 0.223 e. The number of aliphatic imine (C=N–C) groups is 1. The molecule has 0 heterocycles. The van der Waals surface area contributed by atoms with E-state index in [0.29, 0.717) is 13.1 Å². The van der Waals surface area contributed by atoms with Gasteiger partial charge < -0.3 is 15.5 Å². The fourth-order valence-corrected chi connectivity index (χ4v) is 2.72. The Morgan fingerprint density at radius 3 is 2.42 bits per heavy atom. The lowest BCUT2D eigenvalue weighted by molar-refractivity contribution is -0.122. The molecule has 1 saturated carbocycles. The van der Waals surface area contributed by atoms with Gasteiger partial charge in [-0.1, -0.05) is 12.1 Å². The molecule has 1 aliphatic rings. The predicted molar refractivity (Wildman–Crippen MR) is 112 cm³/mol. The summed E-state index contributed by atoms with van der Waals surface area (Å²) in [4.78, 5) is 19.2. The average molecular weight is 462 g/mol. The molecule has 1 aromatic carbocycles. The quantitative estimate of drug-likeness (QED) is 0.215. The van der Waals surface area contributed by atoms with Crippen molar-refractivity contribution in [1.82, 2.24) is 15.5 Å². The molecule has 0 radical (unpaired) electrons. The van der Waals surface area contributed by atoms with Crippen molar-refractivity contribution in [1.29, 1.82) is 0 Å². The van der Waals surface area contributed by atoms with Crippen molar-refractivity contribution in [3.63, 3.8) is 0 Å². The van der Waals surface area contributed by atoms with Crippen molar-refractivity contribution in [2.75, 3.05) is 33.4 Å². The Balaban J connectivity index is 0.00000288. The van der Waals surface area contributed by atoms with Crippen LogP contribution in [0, 0.1) is 5.92 Å². The molecule has 1 fully saturated rings. The summed E-state index contributed by atoms with van der Waals surface area (Å²) in [5, 5.41) is 6.23.